The molecule has 100 valence electrons. The van der Waals surface area contributed by atoms with Crippen LogP contribution >= 0.6 is 0 Å². The van der Waals surface area contributed by atoms with Crippen LogP contribution in [0, 0.1) is 6.92 Å². The van der Waals surface area contributed by atoms with E-state index in [1.165, 1.54) is 6.08 Å². The molecule has 20 heavy (non-hydrogen) atoms. The molecule has 1 aromatic carbocycles. The van der Waals surface area contributed by atoms with E-state index in [4.69, 9.17) is 8.83 Å². The third-order valence-electron chi connectivity index (χ3n) is 2.78. The second-order valence-corrected chi connectivity index (χ2v) is 4.29. The Hall–Kier alpha value is -2.82. The lowest BCUT2D eigenvalue weighted by Gasteiger charge is -1.98. The molecule has 2 aromatic heterocycles. The molecule has 0 aliphatic carbocycles. The van der Waals surface area contributed by atoms with Crippen molar-refractivity contribution in [2.45, 2.75) is 6.92 Å². The molecule has 0 fully saturated rings. The topological polar surface area (TPSA) is 76.5 Å². The Morgan fingerprint density at radius 1 is 1.20 bits per heavy atom. The van der Waals surface area contributed by atoms with Gasteiger partial charge in [0.1, 0.15) is 11.3 Å². The number of para-hydroxylation sites is 2. The standard InChI is InChI=1S/C15H11NO4/c1-9-6-7-14(19-9)12(17)8-11-15(18)20-13-5-3-2-4-10(13)16-11/h2-8,17H,1H3. The number of nitrogens with zero attached hydrogens (tertiary/aromatic N) is 1. The van der Waals surface area contributed by atoms with Crippen molar-refractivity contribution in [3.05, 3.63) is 64.0 Å². The fraction of sp³-hybridized carbons (Fsp3) is 0.0667. The largest absolute Gasteiger partial charge is 0.504 e. The third-order valence-corrected chi connectivity index (χ3v) is 2.78. The highest BCUT2D eigenvalue weighted by molar-refractivity contribution is 5.76. The van der Waals surface area contributed by atoms with Crippen molar-refractivity contribution in [1.82, 2.24) is 4.98 Å². The van der Waals surface area contributed by atoms with Crippen LogP contribution in [0.3, 0.4) is 0 Å². The molecular formula is C15H11NO4. The summed E-state index contributed by atoms with van der Waals surface area (Å²) in [6.45, 7) is 1.76. The van der Waals surface area contributed by atoms with E-state index in [1.54, 1.807) is 43.3 Å². The minimum atomic E-state index is -0.612. The maximum atomic E-state index is 11.8. The van der Waals surface area contributed by atoms with Crippen molar-refractivity contribution in [1.29, 1.82) is 0 Å². The van der Waals surface area contributed by atoms with E-state index < -0.39 is 5.63 Å². The molecule has 0 bridgehead atoms. The summed E-state index contributed by atoms with van der Waals surface area (Å²) in [5, 5.41) is 9.93. The van der Waals surface area contributed by atoms with E-state index in [-0.39, 0.29) is 17.2 Å². The quantitative estimate of drug-likeness (QED) is 0.723. The number of benzene rings is 1. The summed E-state index contributed by atoms with van der Waals surface area (Å²) in [5.74, 6) is 0.767. The third kappa shape index (κ3) is 2.21. The van der Waals surface area contributed by atoms with Gasteiger partial charge in [-0.1, -0.05) is 12.1 Å². The van der Waals surface area contributed by atoms with Crippen LogP contribution in [0.25, 0.3) is 22.9 Å². The smallest absolute Gasteiger partial charge is 0.362 e. The van der Waals surface area contributed by atoms with Gasteiger partial charge in [-0.05, 0) is 31.2 Å². The average Bonchev–Trinajstić information content (AvgIpc) is 2.86. The SMILES string of the molecule is Cc1ccc(C(O)=Cc2nc3ccccc3oc2=O)o1. The molecular weight excluding hydrogens is 258 g/mol. The first-order chi connectivity index (χ1) is 9.63. The number of hydrogen-bond acceptors (Lipinski definition) is 5. The van der Waals surface area contributed by atoms with Crippen molar-refractivity contribution < 1.29 is 13.9 Å². The lowest BCUT2D eigenvalue weighted by Crippen LogP contribution is -2.06. The number of aryl methyl sites for hydroxylation is 1. The number of fused-ring (bicyclic) bond motifs is 1. The van der Waals surface area contributed by atoms with Crippen molar-refractivity contribution in [2.24, 2.45) is 0 Å². The molecule has 0 spiro atoms. The van der Waals surface area contributed by atoms with Crippen LogP contribution in [0.15, 0.2) is 50.0 Å². The van der Waals surface area contributed by atoms with Crippen LogP contribution in [0.1, 0.15) is 17.2 Å². The van der Waals surface area contributed by atoms with Crippen molar-refractivity contribution in [3.63, 3.8) is 0 Å². The van der Waals surface area contributed by atoms with Gasteiger partial charge in [0, 0.05) is 6.08 Å². The summed E-state index contributed by atoms with van der Waals surface area (Å²) in [7, 11) is 0. The zero-order valence-corrected chi connectivity index (χ0v) is 10.7. The summed E-state index contributed by atoms with van der Waals surface area (Å²) in [6, 6.07) is 10.3. The van der Waals surface area contributed by atoms with E-state index in [0.717, 1.165) is 0 Å². The molecule has 1 N–H and O–H groups in total. The molecule has 0 atom stereocenters. The molecule has 2 heterocycles. The minimum absolute atomic E-state index is 0.0234. The Kier molecular flexibility index (Phi) is 2.87. The first-order valence-corrected chi connectivity index (χ1v) is 6.01. The molecule has 0 unspecified atom stereocenters. The number of aliphatic hydroxyl groups is 1. The summed E-state index contributed by atoms with van der Waals surface area (Å²) < 4.78 is 10.4. The Bertz CT molecular complexity index is 857. The molecule has 0 aliphatic rings. The van der Waals surface area contributed by atoms with Gasteiger partial charge in [0.15, 0.2) is 22.8 Å². The van der Waals surface area contributed by atoms with Gasteiger partial charge in [-0.2, -0.15) is 0 Å². The fourth-order valence-corrected chi connectivity index (χ4v) is 1.83. The van der Waals surface area contributed by atoms with Crippen LogP contribution in [-0.4, -0.2) is 10.1 Å². The predicted molar refractivity (Wildman–Crippen MR) is 74.2 cm³/mol. The summed E-state index contributed by atoms with van der Waals surface area (Å²) >= 11 is 0. The van der Waals surface area contributed by atoms with Crippen LogP contribution in [-0.2, 0) is 0 Å². The number of furan rings is 1. The maximum absolute atomic E-state index is 11.8. The van der Waals surface area contributed by atoms with Gasteiger partial charge >= 0.3 is 5.63 Å². The van der Waals surface area contributed by atoms with E-state index in [2.05, 4.69) is 4.98 Å². The van der Waals surface area contributed by atoms with Gasteiger partial charge in [-0.15, -0.1) is 0 Å². The highest BCUT2D eigenvalue weighted by atomic mass is 16.4. The van der Waals surface area contributed by atoms with Crippen molar-refractivity contribution in [3.8, 4) is 0 Å². The summed E-state index contributed by atoms with van der Waals surface area (Å²) in [6.07, 6.45) is 1.23. The molecule has 0 radical (unpaired) electrons. The molecule has 3 aromatic rings. The number of rotatable bonds is 2. The predicted octanol–water partition coefficient (Wildman–Crippen LogP) is 3.15. The van der Waals surface area contributed by atoms with E-state index in [1.807, 2.05) is 0 Å². The molecule has 5 heteroatoms. The summed E-state index contributed by atoms with van der Waals surface area (Å²) in [5.41, 5.74) is 0.360. The van der Waals surface area contributed by atoms with Crippen LogP contribution in [0.2, 0.25) is 0 Å². The summed E-state index contributed by atoms with van der Waals surface area (Å²) in [4.78, 5) is 16.0. The molecule has 5 nitrogen and oxygen atoms in total. The number of aromatic nitrogens is 1. The van der Waals surface area contributed by atoms with Gasteiger partial charge < -0.3 is 13.9 Å². The second kappa shape index (κ2) is 4.70. The van der Waals surface area contributed by atoms with Gasteiger partial charge in [0.05, 0.1) is 0 Å². The number of hydrogen-bond donors (Lipinski definition) is 1. The Morgan fingerprint density at radius 3 is 2.75 bits per heavy atom. The Morgan fingerprint density at radius 2 is 2.00 bits per heavy atom. The van der Waals surface area contributed by atoms with Gasteiger partial charge in [0.2, 0.25) is 0 Å². The fourth-order valence-electron chi connectivity index (χ4n) is 1.83. The van der Waals surface area contributed by atoms with Gasteiger partial charge in [-0.3, -0.25) is 0 Å². The first-order valence-electron chi connectivity index (χ1n) is 6.01. The van der Waals surface area contributed by atoms with E-state index in [0.29, 0.717) is 16.9 Å². The zero-order valence-electron chi connectivity index (χ0n) is 10.7. The Balaban J connectivity index is 2.10. The van der Waals surface area contributed by atoms with E-state index >= 15 is 0 Å². The first kappa shape index (κ1) is 12.2. The molecule has 0 saturated heterocycles. The molecule has 0 amide bonds. The number of aliphatic hydroxyl groups excluding tert-OH is 1. The van der Waals surface area contributed by atoms with Gasteiger partial charge in [-0.25, -0.2) is 9.78 Å². The Labute approximate surface area is 113 Å². The maximum Gasteiger partial charge on any atom is 0.362 e. The van der Waals surface area contributed by atoms with Crippen LogP contribution in [0.4, 0.5) is 0 Å². The second-order valence-electron chi connectivity index (χ2n) is 4.29. The lowest BCUT2D eigenvalue weighted by molar-refractivity contribution is 0.450. The van der Waals surface area contributed by atoms with Crippen LogP contribution < -0.4 is 5.63 Å². The lowest BCUT2D eigenvalue weighted by atomic mass is 10.3. The minimum Gasteiger partial charge on any atom is -0.504 e. The monoisotopic (exact) mass is 269 g/mol. The van der Waals surface area contributed by atoms with Crippen LogP contribution in [0.5, 0.6) is 0 Å². The van der Waals surface area contributed by atoms with Crippen molar-refractivity contribution >= 4 is 22.9 Å². The zero-order chi connectivity index (χ0) is 14.1. The van der Waals surface area contributed by atoms with Gasteiger partial charge in [0.25, 0.3) is 0 Å². The highest BCUT2D eigenvalue weighted by Crippen LogP contribution is 2.17. The highest BCUT2D eigenvalue weighted by Gasteiger charge is 2.09. The molecule has 0 saturated carbocycles. The van der Waals surface area contributed by atoms with E-state index in [9.17, 15) is 9.90 Å². The van der Waals surface area contributed by atoms with Crippen molar-refractivity contribution in [2.75, 3.05) is 0 Å². The normalized spacial score (nSPS) is 11.9. The molecule has 0 aliphatic heterocycles. The molecule has 3 rings (SSSR count). The average molecular weight is 269 g/mol.